The maximum atomic E-state index is 14.3. The average Bonchev–Trinajstić information content (AvgIpc) is 3.35. The average molecular weight is 652 g/mol. The molecule has 1 aromatic carbocycles. The van der Waals surface area contributed by atoms with Gasteiger partial charge in [0.05, 0.1) is 22.9 Å². The number of likely N-dealkylation sites (N-methyl/N-ethyl adjacent to an activating group) is 1. The summed E-state index contributed by atoms with van der Waals surface area (Å²) in [5, 5.41) is 0. The van der Waals surface area contributed by atoms with Crippen molar-refractivity contribution in [1.82, 2.24) is 23.7 Å². The number of imidazole rings is 1. The second kappa shape index (κ2) is 14.2. The van der Waals surface area contributed by atoms with E-state index in [4.69, 9.17) is 0 Å². The second-order valence-electron chi connectivity index (χ2n) is 14.7. The van der Waals surface area contributed by atoms with Gasteiger partial charge in [0.1, 0.15) is 0 Å². The highest BCUT2D eigenvalue weighted by Gasteiger charge is 2.38. The van der Waals surface area contributed by atoms with E-state index in [-0.39, 0.29) is 5.52 Å². The predicted molar refractivity (Wildman–Crippen MR) is 183 cm³/mol. The molecule has 2 aromatic heterocycles. The van der Waals surface area contributed by atoms with Gasteiger partial charge in [-0.05, 0) is 118 Å². The zero-order valence-corrected chi connectivity index (χ0v) is 28.4. The molecule has 0 radical (unpaired) electrons. The predicted octanol–water partition coefficient (Wildman–Crippen LogP) is 8.11. The molecule has 1 unspecified atom stereocenters. The van der Waals surface area contributed by atoms with E-state index in [1.165, 1.54) is 59.8 Å². The van der Waals surface area contributed by atoms with Crippen molar-refractivity contribution >= 4 is 5.52 Å². The summed E-state index contributed by atoms with van der Waals surface area (Å²) in [6, 6.07) is 9.06. The van der Waals surface area contributed by atoms with Gasteiger partial charge in [-0.2, -0.15) is 13.2 Å². The van der Waals surface area contributed by atoms with Crippen molar-refractivity contribution in [2.75, 3.05) is 33.2 Å². The summed E-state index contributed by atoms with van der Waals surface area (Å²) >= 11 is 0. The standard InChI is InChI=1S/C38H52F3N5O/c1-4-5-21-44-22-9-19-42(3)35(44)14-18-37(15-8-16-37)17-13-30-11-6-12-32(23-30)45-28-34-33(38(39,40)41)24-31(27-46(34)36(45)47)26-43-20-7-10-29(2)25-43/h6,9,11-12,22-24,27-29,35H,4-5,7-8,10,13-21,25-26H2,1-3H3/t29-,35?/m0/s1. The Kier molecular flexibility index (Phi) is 10.2. The molecule has 0 N–H and O–H groups in total. The molecule has 2 aliphatic heterocycles. The van der Waals surface area contributed by atoms with E-state index in [9.17, 15) is 18.0 Å². The molecule has 1 aliphatic carbocycles. The molecule has 0 amide bonds. The number of piperidine rings is 1. The normalized spacial score (nSPS) is 22.2. The number of rotatable bonds is 12. The summed E-state index contributed by atoms with van der Waals surface area (Å²) in [5.74, 6) is 0.516. The van der Waals surface area contributed by atoms with Crippen LogP contribution in [0.4, 0.5) is 13.2 Å². The lowest BCUT2D eigenvalue weighted by atomic mass is 9.63. The molecular formula is C38H52F3N5O. The van der Waals surface area contributed by atoms with Crippen molar-refractivity contribution in [1.29, 1.82) is 0 Å². The number of fused-ring (bicyclic) bond motifs is 1. The molecular weight excluding hydrogens is 599 g/mol. The molecule has 0 spiro atoms. The lowest BCUT2D eigenvalue weighted by Crippen LogP contribution is -2.48. The van der Waals surface area contributed by atoms with Gasteiger partial charge in [0.2, 0.25) is 0 Å². The van der Waals surface area contributed by atoms with Crippen LogP contribution in [0.1, 0.15) is 94.7 Å². The fourth-order valence-electron chi connectivity index (χ4n) is 8.21. The first-order chi connectivity index (χ1) is 22.5. The van der Waals surface area contributed by atoms with Gasteiger partial charge < -0.3 is 4.90 Å². The van der Waals surface area contributed by atoms with Crippen LogP contribution in [0, 0.1) is 11.3 Å². The van der Waals surface area contributed by atoms with Crippen LogP contribution in [-0.2, 0) is 19.1 Å². The van der Waals surface area contributed by atoms with Crippen LogP contribution in [0.5, 0.6) is 0 Å². The van der Waals surface area contributed by atoms with Crippen molar-refractivity contribution in [3.05, 3.63) is 82.2 Å². The molecule has 3 aliphatic rings. The first kappa shape index (κ1) is 33.8. The number of aryl methyl sites for hydroxylation is 1. The maximum Gasteiger partial charge on any atom is 0.418 e. The highest BCUT2D eigenvalue weighted by Crippen LogP contribution is 2.49. The Bertz CT molecular complexity index is 1600. The Hall–Kier alpha value is -3.04. The highest BCUT2D eigenvalue weighted by molar-refractivity contribution is 5.58. The van der Waals surface area contributed by atoms with Gasteiger partial charge in [0.15, 0.2) is 0 Å². The lowest BCUT2D eigenvalue weighted by molar-refractivity contribution is -0.136. The molecule has 2 fully saturated rings. The van der Waals surface area contributed by atoms with Gasteiger partial charge in [0, 0.05) is 38.6 Å². The topological polar surface area (TPSA) is 36.1 Å². The Morgan fingerprint density at radius 1 is 1.04 bits per heavy atom. The number of alkyl halides is 3. The molecule has 2 atom stereocenters. The number of hydrogen-bond donors (Lipinski definition) is 0. The third-order valence-corrected chi connectivity index (χ3v) is 11.1. The number of benzene rings is 1. The highest BCUT2D eigenvalue weighted by atomic mass is 19.4. The third kappa shape index (κ3) is 7.67. The quantitative estimate of drug-likeness (QED) is 0.198. The number of likely N-dealkylation sites (tertiary alicyclic amines) is 1. The fourth-order valence-corrected chi connectivity index (χ4v) is 8.21. The molecule has 0 bridgehead atoms. The van der Waals surface area contributed by atoms with Gasteiger partial charge in [0.25, 0.3) is 0 Å². The van der Waals surface area contributed by atoms with Crippen LogP contribution in [0.25, 0.3) is 11.2 Å². The van der Waals surface area contributed by atoms with Crippen LogP contribution in [0.2, 0.25) is 0 Å². The third-order valence-electron chi connectivity index (χ3n) is 11.1. The van der Waals surface area contributed by atoms with Crippen LogP contribution in [0.3, 0.4) is 0 Å². The molecule has 256 valence electrons. The lowest BCUT2D eigenvalue weighted by Gasteiger charge is -2.46. The molecule has 6 rings (SSSR count). The van der Waals surface area contributed by atoms with E-state index >= 15 is 0 Å². The zero-order chi connectivity index (χ0) is 33.2. The molecule has 9 heteroatoms. The SMILES string of the molecule is CCCCN1C=CCN(C)C1CCC1(CCc2cccc(-n3cc4c(C(F)(F)F)cc(CN5CCC[C@H](C)C5)cn4c3=O)c2)CCC1. The van der Waals surface area contributed by atoms with Crippen LogP contribution in [0.15, 0.2) is 59.8 Å². The smallest absolute Gasteiger partial charge is 0.362 e. The number of pyridine rings is 1. The van der Waals surface area contributed by atoms with Gasteiger partial charge in [-0.25, -0.2) is 4.79 Å². The van der Waals surface area contributed by atoms with Crippen molar-refractivity contribution < 1.29 is 13.2 Å². The first-order valence-corrected chi connectivity index (χ1v) is 17.8. The largest absolute Gasteiger partial charge is 0.418 e. The Balaban J connectivity index is 1.19. The van der Waals surface area contributed by atoms with Crippen molar-refractivity contribution in [2.24, 2.45) is 11.3 Å². The van der Waals surface area contributed by atoms with Crippen LogP contribution < -0.4 is 5.69 Å². The number of unbranched alkanes of at least 4 members (excludes halogenated alkanes) is 1. The number of aromatic nitrogens is 2. The molecule has 4 heterocycles. The van der Waals surface area contributed by atoms with Gasteiger partial charge >= 0.3 is 11.9 Å². The van der Waals surface area contributed by atoms with E-state index in [1.54, 1.807) is 6.20 Å². The van der Waals surface area contributed by atoms with Crippen molar-refractivity contribution in [3.63, 3.8) is 0 Å². The monoisotopic (exact) mass is 651 g/mol. The van der Waals surface area contributed by atoms with E-state index in [1.807, 2.05) is 18.2 Å². The minimum Gasteiger partial charge on any atom is -0.362 e. The summed E-state index contributed by atoms with van der Waals surface area (Å²) < 4.78 is 45.6. The summed E-state index contributed by atoms with van der Waals surface area (Å²) in [7, 11) is 2.23. The Morgan fingerprint density at radius 2 is 1.87 bits per heavy atom. The number of halogens is 3. The van der Waals surface area contributed by atoms with Gasteiger partial charge in [-0.15, -0.1) is 0 Å². The van der Waals surface area contributed by atoms with E-state index in [0.717, 1.165) is 63.8 Å². The molecule has 6 nitrogen and oxygen atoms in total. The molecule has 47 heavy (non-hydrogen) atoms. The zero-order valence-electron chi connectivity index (χ0n) is 28.4. The Morgan fingerprint density at radius 3 is 2.60 bits per heavy atom. The summed E-state index contributed by atoms with van der Waals surface area (Å²) in [6.45, 7) is 8.63. The molecule has 1 saturated carbocycles. The first-order valence-electron chi connectivity index (χ1n) is 17.8. The van der Waals surface area contributed by atoms with Gasteiger partial charge in [-0.1, -0.05) is 44.9 Å². The molecule has 3 aromatic rings. The van der Waals surface area contributed by atoms with Crippen molar-refractivity contribution in [2.45, 2.75) is 103 Å². The minimum absolute atomic E-state index is 0.104. The van der Waals surface area contributed by atoms with E-state index in [0.29, 0.717) is 35.3 Å². The minimum atomic E-state index is -4.57. The molecule has 1 saturated heterocycles. The Labute approximate surface area is 277 Å². The summed E-state index contributed by atoms with van der Waals surface area (Å²) in [5.41, 5.74) is 1.25. The van der Waals surface area contributed by atoms with Crippen LogP contribution in [-0.4, -0.2) is 63.1 Å². The van der Waals surface area contributed by atoms with E-state index in [2.05, 4.69) is 53.9 Å². The second-order valence-corrected chi connectivity index (χ2v) is 14.7. The number of nitrogens with zero attached hydrogens (tertiary/aromatic N) is 5. The maximum absolute atomic E-state index is 14.3. The van der Waals surface area contributed by atoms with Crippen LogP contribution >= 0.6 is 0 Å². The van der Waals surface area contributed by atoms with Gasteiger partial charge in [-0.3, -0.25) is 18.8 Å². The van der Waals surface area contributed by atoms with Crippen molar-refractivity contribution in [3.8, 4) is 5.69 Å². The summed E-state index contributed by atoms with van der Waals surface area (Å²) in [4.78, 5) is 20.9. The fraction of sp³-hybridized carbons (Fsp3) is 0.605. The number of hydrogen-bond acceptors (Lipinski definition) is 4. The van der Waals surface area contributed by atoms with E-state index < -0.39 is 17.4 Å². The summed E-state index contributed by atoms with van der Waals surface area (Å²) in [6.07, 6.45) is 16.1.